The van der Waals surface area contributed by atoms with Crippen molar-refractivity contribution < 1.29 is 18.7 Å². The summed E-state index contributed by atoms with van der Waals surface area (Å²) in [5, 5.41) is 3.09. The molecular weight excluding hydrogens is 260 g/mol. The van der Waals surface area contributed by atoms with E-state index >= 15 is 0 Å². The molecule has 2 aromatic rings. The Morgan fingerprint density at radius 2 is 2.15 bits per heavy atom. The van der Waals surface area contributed by atoms with Gasteiger partial charge in [-0.2, -0.15) is 0 Å². The molecule has 0 aliphatic heterocycles. The fraction of sp³-hybridized carbons (Fsp3) is 0.143. The third-order valence-corrected chi connectivity index (χ3v) is 2.75. The molecule has 0 saturated carbocycles. The summed E-state index contributed by atoms with van der Waals surface area (Å²) in [6, 6.07) is 8.46. The SMILES string of the molecule is COC(=O)c1occc1CNc1cccc(C(N)=O)c1. The maximum atomic E-state index is 11.4. The van der Waals surface area contributed by atoms with Crippen molar-refractivity contribution in [1.82, 2.24) is 0 Å². The van der Waals surface area contributed by atoms with Crippen LogP contribution in [-0.4, -0.2) is 19.0 Å². The molecule has 0 unspecified atom stereocenters. The molecule has 2 rings (SSSR count). The molecule has 1 aromatic carbocycles. The Morgan fingerprint density at radius 1 is 1.35 bits per heavy atom. The van der Waals surface area contributed by atoms with Crippen LogP contribution in [0.5, 0.6) is 0 Å². The summed E-state index contributed by atoms with van der Waals surface area (Å²) in [6.07, 6.45) is 1.42. The minimum absolute atomic E-state index is 0.158. The largest absolute Gasteiger partial charge is 0.463 e. The number of anilines is 1. The Morgan fingerprint density at radius 3 is 2.85 bits per heavy atom. The number of hydrogen-bond donors (Lipinski definition) is 2. The smallest absolute Gasteiger partial charge is 0.374 e. The second-order valence-electron chi connectivity index (χ2n) is 4.07. The van der Waals surface area contributed by atoms with E-state index in [1.807, 2.05) is 0 Å². The molecule has 0 bridgehead atoms. The summed E-state index contributed by atoms with van der Waals surface area (Å²) in [5.41, 5.74) is 7.01. The van der Waals surface area contributed by atoms with Gasteiger partial charge in [0, 0.05) is 23.4 Å². The average molecular weight is 274 g/mol. The Labute approximate surface area is 115 Å². The number of carbonyl (C=O) groups is 2. The first-order valence-electron chi connectivity index (χ1n) is 5.90. The number of hydrogen-bond acceptors (Lipinski definition) is 5. The highest BCUT2D eigenvalue weighted by atomic mass is 16.5. The van der Waals surface area contributed by atoms with Crippen LogP contribution in [0.3, 0.4) is 0 Å². The lowest BCUT2D eigenvalue weighted by Gasteiger charge is -2.07. The van der Waals surface area contributed by atoms with Gasteiger partial charge in [-0.15, -0.1) is 0 Å². The number of nitrogens with two attached hydrogens (primary N) is 1. The van der Waals surface area contributed by atoms with Gasteiger partial charge in [0.1, 0.15) is 0 Å². The predicted molar refractivity (Wildman–Crippen MR) is 72.3 cm³/mol. The number of rotatable bonds is 5. The summed E-state index contributed by atoms with van der Waals surface area (Å²) >= 11 is 0. The summed E-state index contributed by atoms with van der Waals surface area (Å²) in [6.45, 7) is 0.364. The maximum absolute atomic E-state index is 11.4. The number of carbonyl (C=O) groups excluding carboxylic acids is 2. The van der Waals surface area contributed by atoms with Crippen LogP contribution in [0.4, 0.5) is 5.69 Å². The molecule has 1 amide bonds. The van der Waals surface area contributed by atoms with Crippen molar-refractivity contribution in [3.63, 3.8) is 0 Å². The zero-order valence-corrected chi connectivity index (χ0v) is 10.9. The van der Waals surface area contributed by atoms with E-state index in [1.165, 1.54) is 13.4 Å². The summed E-state index contributed by atoms with van der Waals surface area (Å²) in [7, 11) is 1.29. The second kappa shape index (κ2) is 5.92. The lowest BCUT2D eigenvalue weighted by molar-refractivity contribution is 0.0563. The van der Waals surface area contributed by atoms with Crippen molar-refractivity contribution in [1.29, 1.82) is 0 Å². The van der Waals surface area contributed by atoms with Gasteiger partial charge in [-0.1, -0.05) is 6.07 Å². The molecular formula is C14H14N2O4. The van der Waals surface area contributed by atoms with E-state index in [1.54, 1.807) is 30.3 Å². The highest BCUT2D eigenvalue weighted by molar-refractivity contribution is 5.93. The fourth-order valence-electron chi connectivity index (χ4n) is 1.73. The first-order valence-corrected chi connectivity index (χ1v) is 5.90. The van der Waals surface area contributed by atoms with E-state index in [9.17, 15) is 9.59 Å². The van der Waals surface area contributed by atoms with Crippen LogP contribution < -0.4 is 11.1 Å². The van der Waals surface area contributed by atoms with E-state index in [0.717, 1.165) is 5.69 Å². The quantitative estimate of drug-likeness (QED) is 0.810. The molecule has 104 valence electrons. The lowest BCUT2D eigenvalue weighted by atomic mass is 10.2. The van der Waals surface area contributed by atoms with Crippen LogP contribution in [0, 0.1) is 0 Å². The summed E-state index contributed by atoms with van der Waals surface area (Å²) < 4.78 is 9.70. The van der Waals surface area contributed by atoms with Crippen LogP contribution in [-0.2, 0) is 11.3 Å². The molecule has 0 aliphatic rings. The molecule has 0 aliphatic carbocycles. The fourth-order valence-corrected chi connectivity index (χ4v) is 1.73. The van der Waals surface area contributed by atoms with Gasteiger partial charge in [-0.3, -0.25) is 4.79 Å². The molecule has 6 nitrogen and oxygen atoms in total. The molecule has 3 N–H and O–H groups in total. The van der Waals surface area contributed by atoms with E-state index in [0.29, 0.717) is 17.7 Å². The standard InChI is InChI=1S/C14H14N2O4/c1-19-14(18)12-10(5-6-20-12)8-16-11-4-2-3-9(7-11)13(15)17/h2-7,16H,8H2,1H3,(H2,15,17). The summed E-state index contributed by atoms with van der Waals surface area (Å²) in [4.78, 5) is 22.5. The van der Waals surface area contributed by atoms with E-state index < -0.39 is 11.9 Å². The number of amides is 1. The van der Waals surface area contributed by atoms with Gasteiger partial charge in [0.05, 0.1) is 13.4 Å². The highest BCUT2D eigenvalue weighted by Gasteiger charge is 2.15. The van der Waals surface area contributed by atoms with Crippen molar-refractivity contribution in [2.24, 2.45) is 5.73 Å². The molecule has 1 heterocycles. The molecule has 0 atom stereocenters. The van der Waals surface area contributed by atoms with Crippen molar-refractivity contribution in [2.75, 3.05) is 12.4 Å². The van der Waals surface area contributed by atoms with E-state index in [-0.39, 0.29) is 5.76 Å². The highest BCUT2D eigenvalue weighted by Crippen LogP contribution is 2.16. The van der Waals surface area contributed by atoms with E-state index in [4.69, 9.17) is 10.2 Å². The number of furan rings is 1. The molecule has 6 heteroatoms. The zero-order valence-electron chi connectivity index (χ0n) is 10.9. The van der Waals surface area contributed by atoms with Gasteiger partial charge in [-0.05, 0) is 24.3 Å². The van der Waals surface area contributed by atoms with Crippen molar-refractivity contribution in [3.05, 3.63) is 53.5 Å². The third-order valence-electron chi connectivity index (χ3n) is 2.75. The number of ether oxygens (including phenoxy) is 1. The third kappa shape index (κ3) is 2.97. The Bertz CT molecular complexity index is 634. The molecule has 0 saturated heterocycles. The van der Waals surface area contributed by atoms with Gasteiger partial charge in [-0.25, -0.2) is 4.79 Å². The predicted octanol–water partition coefficient (Wildman–Crippen LogP) is 1.78. The van der Waals surface area contributed by atoms with Gasteiger partial charge in [0.25, 0.3) is 0 Å². The Balaban J connectivity index is 2.09. The first-order chi connectivity index (χ1) is 9.61. The number of methoxy groups -OCH3 is 1. The van der Waals surface area contributed by atoms with Gasteiger partial charge in [0.15, 0.2) is 0 Å². The number of benzene rings is 1. The van der Waals surface area contributed by atoms with Crippen molar-refractivity contribution in [2.45, 2.75) is 6.54 Å². The van der Waals surface area contributed by atoms with Crippen LogP contribution >= 0.6 is 0 Å². The minimum Gasteiger partial charge on any atom is -0.463 e. The van der Waals surface area contributed by atoms with Gasteiger partial charge in [0.2, 0.25) is 11.7 Å². The van der Waals surface area contributed by atoms with Crippen molar-refractivity contribution >= 4 is 17.6 Å². The van der Waals surface area contributed by atoms with Crippen LogP contribution in [0.2, 0.25) is 0 Å². The number of primary amides is 1. The van der Waals surface area contributed by atoms with Crippen LogP contribution in [0.15, 0.2) is 41.0 Å². The van der Waals surface area contributed by atoms with Gasteiger partial charge < -0.3 is 20.2 Å². The second-order valence-corrected chi connectivity index (χ2v) is 4.07. The van der Waals surface area contributed by atoms with Crippen LogP contribution in [0.25, 0.3) is 0 Å². The van der Waals surface area contributed by atoms with Gasteiger partial charge >= 0.3 is 5.97 Å². The lowest BCUT2D eigenvalue weighted by Crippen LogP contribution is -2.11. The maximum Gasteiger partial charge on any atom is 0.374 e. The summed E-state index contributed by atoms with van der Waals surface area (Å²) in [5.74, 6) is -0.865. The normalized spacial score (nSPS) is 10.1. The minimum atomic E-state index is -0.530. The zero-order chi connectivity index (χ0) is 14.5. The number of esters is 1. The molecule has 0 radical (unpaired) electrons. The monoisotopic (exact) mass is 274 g/mol. The molecule has 20 heavy (non-hydrogen) atoms. The molecule has 0 fully saturated rings. The van der Waals surface area contributed by atoms with Crippen LogP contribution in [0.1, 0.15) is 26.5 Å². The Kier molecular flexibility index (Phi) is 4.05. The average Bonchev–Trinajstić information content (AvgIpc) is 2.93. The Hall–Kier alpha value is -2.76. The molecule has 0 spiro atoms. The van der Waals surface area contributed by atoms with E-state index in [2.05, 4.69) is 10.1 Å². The first kappa shape index (κ1) is 13.7. The van der Waals surface area contributed by atoms with Crippen molar-refractivity contribution in [3.8, 4) is 0 Å². The molecule has 1 aromatic heterocycles. The topological polar surface area (TPSA) is 94.6 Å². The number of nitrogens with one attached hydrogen (secondary N) is 1.